The second-order valence-corrected chi connectivity index (χ2v) is 7.62. The molecule has 27 heavy (non-hydrogen) atoms. The Hall–Kier alpha value is -2.17. The van der Waals surface area contributed by atoms with E-state index in [1.54, 1.807) is 0 Å². The first-order valence-corrected chi connectivity index (χ1v) is 10.0. The molecule has 1 fully saturated rings. The highest BCUT2D eigenvalue weighted by molar-refractivity contribution is 5.81. The lowest BCUT2D eigenvalue weighted by molar-refractivity contribution is -0.122. The Morgan fingerprint density at radius 2 is 1.85 bits per heavy atom. The van der Waals surface area contributed by atoms with Gasteiger partial charge in [-0.25, -0.2) is 0 Å². The van der Waals surface area contributed by atoms with Crippen LogP contribution in [0.4, 0.5) is 0 Å². The summed E-state index contributed by atoms with van der Waals surface area (Å²) in [4.78, 5) is 12.1. The van der Waals surface area contributed by atoms with Crippen molar-refractivity contribution in [1.82, 2.24) is 10.6 Å². The van der Waals surface area contributed by atoms with Gasteiger partial charge in [0.05, 0.1) is 6.04 Å². The molecule has 3 rings (SSSR count). The fourth-order valence-electron chi connectivity index (χ4n) is 3.42. The molecule has 1 unspecified atom stereocenters. The number of aryl methyl sites for hydroxylation is 1. The minimum atomic E-state index is -0.423. The minimum Gasteiger partial charge on any atom is -0.351 e. The summed E-state index contributed by atoms with van der Waals surface area (Å²) >= 11 is 0. The van der Waals surface area contributed by atoms with Crippen molar-refractivity contribution >= 4 is 5.91 Å². The second kappa shape index (κ2) is 9.67. The largest absolute Gasteiger partial charge is 0.351 e. The van der Waals surface area contributed by atoms with E-state index in [-0.39, 0.29) is 5.91 Å². The molecule has 1 saturated carbocycles. The highest BCUT2D eigenvalue weighted by Crippen LogP contribution is 2.40. The number of unbranched alkanes of at least 4 members (excludes halogenated alkanes) is 1. The van der Waals surface area contributed by atoms with E-state index < -0.39 is 6.04 Å². The van der Waals surface area contributed by atoms with Gasteiger partial charge in [-0.2, -0.15) is 0 Å². The lowest BCUT2D eigenvalue weighted by atomic mass is 10.1. The predicted octanol–water partition coefficient (Wildman–Crippen LogP) is 3.25. The molecule has 1 aliphatic rings. The smallest absolute Gasteiger partial charge is 0.237 e. The average molecular weight is 366 g/mol. The van der Waals surface area contributed by atoms with Crippen molar-refractivity contribution in [1.29, 1.82) is 0 Å². The molecule has 2 aromatic rings. The van der Waals surface area contributed by atoms with Crippen LogP contribution < -0.4 is 16.4 Å². The highest BCUT2D eigenvalue weighted by Gasteiger charge is 2.37. The van der Waals surface area contributed by atoms with Crippen molar-refractivity contribution in [3.8, 4) is 0 Å². The average Bonchev–Trinajstić information content (AvgIpc) is 3.47. The number of benzene rings is 2. The van der Waals surface area contributed by atoms with Gasteiger partial charge in [0.25, 0.3) is 0 Å². The Morgan fingerprint density at radius 3 is 2.59 bits per heavy atom. The molecule has 0 radical (unpaired) electrons. The zero-order valence-corrected chi connectivity index (χ0v) is 16.2. The Morgan fingerprint density at radius 1 is 1.11 bits per heavy atom. The molecule has 0 saturated heterocycles. The van der Waals surface area contributed by atoms with E-state index in [1.165, 1.54) is 17.5 Å². The van der Waals surface area contributed by atoms with Gasteiger partial charge in [0.1, 0.15) is 0 Å². The predicted molar refractivity (Wildman–Crippen MR) is 110 cm³/mol. The van der Waals surface area contributed by atoms with Crippen LogP contribution in [0, 0.1) is 6.92 Å². The standard InChI is InChI=1S/C23H31N3O/c1-17-10-12-18(13-11-17)16-26-23(27)21(24)9-5-6-14-25-22-15-20(22)19-7-3-2-4-8-19/h2-4,7-8,10-13,20-22,25H,5-6,9,14-16,24H2,1H3,(H,26,27)/t20-,21?,22+/m0/s1. The molecule has 0 heterocycles. The summed E-state index contributed by atoms with van der Waals surface area (Å²) in [5.74, 6) is 0.607. The molecule has 4 nitrogen and oxygen atoms in total. The van der Waals surface area contributed by atoms with Crippen LogP contribution in [0.3, 0.4) is 0 Å². The lowest BCUT2D eigenvalue weighted by Crippen LogP contribution is -2.40. The second-order valence-electron chi connectivity index (χ2n) is 7.62. The van der Waals surface area contributed by atoms with E-state index >= 15 is 0 Å². The Balaban J connectivity index is 1.25. The first kappa shape index (κ1) is 19.6. The molecule has 3 atom stereocenters. The molecule has 0 spiro atoms. The van der Waals surface area contributed by atoms with Gasteiger partial charge in [0.2, 0.25) is 5.91 Å². The van der Waals surface area contributed by atoms with Gasteiger partial charge >= 0.3 is 0 Å². The van der Waals surface area contributed by atoms with Crippen LogP contribution in [0.1, 0.15) is 48.3 Å². The van der Waals surface area contributed by atoms with Crippen molar-refractivity contribution in [3.63, 3.8) is 0 Å². The number of carbonyl (C=O) groups is 1. The maximum Gasteiger partial charge on any atom is 0.237 e. The third kappa shape index (κ3) is 6.19. The van der Waals surface area contributed by atoms with Gasteiger partial charge in [-0.1, -0.05) is 66.6 Å². The molecule has 0 bridgehead atoms. The summed E-state index contributed by atoms with van der Waals surface area (Å²) in [6.45, 7) is 3.58. The molecular formula is C23H31N3O. The number of hydrogen-bond acceptors (Lipinski definition) is 3. The topological polar surface area (TPSA) is 67.2 Å². The summed E-state index contributed by atoms with van der Waals surface area (Å²) in [5.41, 5.74) is 9.78. The van der Waals surface area contributed by atoms with Crippen LogP contribution in [-0.2, 0) is 11.3 Å². The Labute approximate surface area is 162 Å². The zero-order valence-electron chi connectivity index (χ0n) is 16.2. The quantitative estimate of drug-likeness (QED) is 0.566. The molecule has 4 N–H and O–H groups in total. The van der Waals surface area contributed by atoms with E-state index in [9.17, 15) is 4.79 Å². The fourth-order valence-corrected chi connectivity index (χ4v) is 3.42. The van der Waals surface area contributed by atoms with Crippen LogP contribution in [0.25, 0.3) is 0 Å². The van der Waals surface area contributed by atoms with Crippen molar-refractivity contribution in [2.75, 3.05) is 6.54 Å². The van der Waals surface area contributed by atoms with Crippen LogP contribution in [-0.4, -0.2) is 24.5 Å². The molecule has 4 heteroatoms. The summed E-state index contributed by atoms with van der Waals surface area (Å²) < 4.78 is 0. The van der Waals surface area contributed by atoms with E-state index in [0.29, 0.717) is 18.5 Å². The zero-order chi connectivity index (χ0) is 19.1. The van der Waals surface area contributed by atoms with Crippen LogP contribution in [0.15, 0.2) is 54.6 Å². The van der Waals surface area contributed by atoms with E-state index in [0.717, 1.165) is 31.4 Å². The molecular weight excluding hydrogens is 334 g/mol. The number of nitrogens with two attached hydrogens (primary N) is 1. The van der Waals surface area contributed by atoms with Gasteiger partial charge in [-0.3, -0.25) is 4.79 Å². The third-order valence-electron chi connectivity index (χ3n) is 5.29. The first-order chi connectivity index (χ1) is 13.1. The molecule has 0 aromatic heterocycles. The lowest BCUT2D eigenvalue weighted by Gasteiger charge is -2.12. The summed E-state index contributed by atoms with van der Waals surface area (Å²) in [7, 11) is 0. The maximum absolute atomic E-state index is 12.1. The third-order valence-corrected chi connectivity index (χ3v) is 5.29. The van der Waals surface area contributed by atoms with Gasteiger partial charge in [0.15, 0.2) is 0 Å². The SMILES string of the molecule is Cc1ccc(CNC(=O)C(N)CCCCN[C@@H]2C[C@H]2c2ccccc2)cc1. The number of nitrogens with one attached hydrogen (secondary N) is 2. The van der Waals surface area contributed by atoms with Gasteiger partial charge in [-0.15, -0.1) is 0 Å². The number of amides is 1. The van der Waals surface area contributed by atoms with Crippen molar-refractivity contribution in [3.05, 3.63) is 71.3 Å². The molecule has 1 amide bonds. The van der Waals surface area contributed by atoms with E-state index in [1.807, 2.05) is 12.1 Å². The van der Waals surface area contributed by atoms with E-state index in [2.05, 4.69) is 60.0 Å². The molecule has 2 aromatic carbocycles. The summed E-state index contributed by atoms with van der Waals surface area (Å²) in [6.07, 6.45) is 3.98. The van der Waals surface area contributed by atoms with Crippen LogP contribution >= 0.6 is 0 Å². The maximum atomic E-state index is 12.1. The van der Waals surface area contributed by atoms with Crippen LogP contribution in [0.5, 0.6) is 0 Å². The normalized spacial score (nSPS) is 19.5. The van der Waals surface area contributed by atoms with Crippen molar-refractivity contribution < 1.29 is 4.79 Å². The monoisotopic (exact) mass is 365 g/mol. The Bertz CT molecular complexity index is 714. The first-order valence-electron chi connectivity index (χ1n) is 10.0. The molecule has 1 aliphatic carbocycles. The molecule has 0 aliphatic heterocycles. The summed E-state index contributed by atoms with van der Waals surface area (Å²) in [5, 5.41) is 6.55. The van der Waals surface area contributed by atoms with Crippen molar-refractivity contribution in [2.45, 2.75) is 57.2 Å². The minimum absolute atomic E-state index is 0.0603. The van der Waals surface area contributed by atoms with Gasteiger partial charge in [0, 0.05) is 18.5 Å². The van der Waals surface area contributed by atoms with Gasteiger partial charge in [-0.05, 0) is 43.9 Å². The van der Waals surface area contributed by atoms with Gasteiger partial charge < -0.3 is 16.4 Å². The Kier molecular flexibility index (Phi) is 7.02. The van der Waals surface area contributed by atoms with E-state index in [4.69, 9.17) is 5.73 Å². The van der Waals surface area contributed by atoms with Crippen molar-refractivity contribution in [2.24, 2.45) is 5.73 Å². The summed E-state index contributed by atoms with van der Waals surface area (Å²) in [6, 6.07) is 19.1. The fraction of sp³-hybridized carbons (Fsp3) is 0.435. The number of carbonyl (C=O) groups excluding carboxylic acids is 1. The number of hydrogen-bond donors (Lipinski definition) is 3. The number of rotatable bonds is 10. The highest BCUT2D eigenvalue weighted by atomic mass is 16.2. The molecule has 144 valence electrons. The van der Waals surface area contributed by atoms with Crippen LogP contribution in [0.2, 0.25) is 0 Å².